The zero-order valence-corrected chi connectivity index (χ0v) is 19.7. The number of rotatable bonds is 5. The number of hydrogen-bond donors (Lipinski definition) is 1. The minimum absolute atomic E-state index is 0.0765. The third kappa shape index (κ3) is 5.13. The van der Waals surface area contributed by atoms with Crippen molar-refractivity contribution in [1.82, 2.24) is 9.21 Å². The average molecular weight is 451 g/mol. The first-order valence-corrected chi connectivity index (χ1v) is 12.4. The van der Waals surface area contributed by atoms with Crippen molar-refractivity contribution in [2.75, 3.05) is 26.7 Å². The van der Waals surface area contributed by atoms with Crippen LogP contribution in [0.2, 0.25) is 0 Å². The van der Waals surface area contributed by atoms with Crippen LogP contribution >= 0.6 is 0 Å². The largest absolute Gasteiger partial charge is 0.487 e. The second kappa shape index (κ2) is 9.71. The maximum atomic E-state index is 13.5. The fourth-order valence-electron chi connectivity index (χ4n) is 4.14. The molecule has 8 heteroatoms. The average Bonchev–Trinajstić information content (AvgIpc) is 2.75. The fourth-order valence-corrected chi connectivity index (χ4v) is 5.97. The van der Waals surface area contributed by atoms with Crippen molar-refractivity contribution in [2.45, 2.75) is 63.5 Å². The number of amides is 1. The van der Waals surface area contributed by atoms with Gasteiger partial charge in [0.1, 0.15) is 16.7 Å². The van der Waals surface area contributed by atoms with Gasteiger partial charge in [0.25, 0.3) is 0 Å². The lowest BCUT2D eigenvalue weighted by Crippen LogP contribution is -2.50. The molecule has 1 aromatic carbocycles. The van der Waals surface area contributed by atoms with Crippen LogP contribution in [0, 0.1) is 5.92 Å². The number of carbonyl (C=O) groups is 1. The van der Waals surface area contributed by atoms with Gasteiger partial charge < -0.3 is 14.7 Å². The molecule has 0 spiro atoms. The van der Waals surface area contributed by atoms with Gasteiger partial charge in [-0.2, -0.15) is 4.31 Å². The summed E-state index contributed by atoms with van der Waals surface area (Å²) in [5.74, 6) is 0.0521. The van der Waals surface area contributed by atoms with Crippen LogP contribution in [-0.2, 0) is 14.8 Å². The summed E-state index contributed by atoms with van der Waals surface area (Å²) in [4.78, 5) is 13.5. The quantitative estimate of drug-likeness (QED) is 0.745. The van der Waals surface area contributed by atoms with Gasteiger partial charge in [0.15, 0.2) is 0 Å². The molecule has 0 aromatic heterocycles. The summed E-state index contributed by atoms with van der Waals surface area (Å²) in [6.07, 6.45) is 6.11. The molecule has 0 saturated heterocycles. The van der Waals surface area contributed by atoms with E-state index in [1.54, 1.807) is 24.9 Å². The van der Waals surface area contributed by atoms with E-state index in [2.05, 4.69) is 6.08 Å². The van der Waals surface area contributed by atoms with Gasteiger partial charge in [-0.3, -0.25) is 4.79 Å². The van der Waals surface area contributed by atoms with E-state index in [-0.39, 0.29) is 36.0 Å². The number of carbonyl (C=O) groups excluding carboxylic acids is 1. The molecule has 0 bridgehead atoms. The summed E-state index contributed by atoms with van der Waals surface area (Å²) >= 11 is 0. The molecule has 3 atom stereocenters. The van der Waals surface area contributed by atoms with Crippen molar-refractivity contribution >= 4 is 21.5 Å². The van der Waals surface area contributed by atoms with Crippen molar-refractivity contribution in [3.8, 4) is 5.75 Å². The fraction of sp³-hybridized carbons (Fsp3) is 0.609. The highest BCUT2D eigenvalue weighted by atomic mass is 32.2. The van der Waals surface area contributed by atoms with Crippen LogP contribution in [0.15, 0.2) is 29.2 Å². The number of fused-ring (bicyclic) bond motifs is 1. The van der Waals surface area contributed by atoms with E-state index in [1.807, 2.05) is 19.1 Å². The molecule has 31 heavy (non-hydrogen) atoms. The summed E-state index contributed by atoms with van der Waals surface area (Å²) in [5, 5.41) is 9.72. The molecular formula is C23H34N2O5S. The van der Waals surface area contributed by atoms with Crippen LogP contribution in [0.4, 0.5) is 0 Å². The van der Waals surface area contributed by atoms with E-state index in [0.29, 0.717) is 12.3 Å². The Morgan fingerprint density at radius 3 is 2.71 bits per heavy atom. The second-order valence-electron chi connectivity index (χ2n) is 8.78. The summed E-state index contributed by atoms with van der Waals surface area (Å²) in [6.45, 7) is 5.40. The van der Waals surface area contributed by atoms with Gasteiger partial charge in [0.05, 0.1) is 13.2 Å². The van der Waals surface area contributed by atoms with Crippen molar-refractivity contribution < 1.29 is 23.1 Å². The molecule has 3 rings (SSSR count). The maximum absolute atomic E-state index is 13.5. The molecule has 7 nitrogen and oxygen atoms in total. The Balaban J connectivity index is 2.09. The Kier molecular flexibility index (Phi) is 7.44. The molecule has 1 aliphatic heterocycles. The van der Waals surface area contributed by atoms with E-state index in [4.69, 9.17) is 4.74 Å². The first-order valence-electron chi connectivity index (χ1n) is 11.0. The molecule has 1 aliphatic carbocycles. The zero-order chi connectivity index (χ0) is 22.8. The number of aliphatic hydroxyl groups excluding tert-OH is 1. The number of ether oxygens (including phenoxy) is 1. The molecule has 1 heterocycles. The molecule has 0 fully saturated rings. The van der Waals surface area contributed by atoms with Gasteiger partial charge >= 0.3 is 0 Å². The number of sulfonamides is 1. The molecule has 0 unspecified atom stereocenters. The maximum Gasteiger partial charge on any atom is 0.247 e. The molecule has 2 aliphatic rings. The lowest BCUT2D eigenvalue weighted by atomic mass is 9.93. The highest BCUT2D eigenvalue weighted by Gasteiger charge is 2.38. The van der Waals surface area contributed by atoms with Gasteiger partial charge in [0, 0.05) is 32.5 Å². The monoisotopic (exact) mass is 450 g/mol. The summed E-state index contributed by atoms with van der Waals surface area (Å²) < 4.78 is 34.7. The van der Waals surface area contributed by atoms with E-state index in [9.17, 15) is 18.3 Å². The Labute approximate surface area is 185 Å². The molecule has 0 radical (unpaired) electrons. The molecule has 0 saturated carbocycles. The topological polar surface area (TPSA) is 87.2 Å². The summed E-state index contributed by atoms with van der Waals surface area (Å²) in [7, 11) is -2.14. The lowest BCUT2D eigenvalue weighted by Gasteiger charge is -2.37. The Morgan fingerprint density at radius 2 is 2.10 bits per heavy atom. The molecule has 1 N–H and O–H groups in total. The number of likely N-dealkylation sites (N-methyl/N-ethyl adjacent to an activating group) is 1. The van der Waals surface area contributed by atoms with Crippen molar-refractivity contribution in [3.05, 3.63) is 29.8 Å². The van der Waals surface area contributed by atoms with Gasteiger partial charge in [-0.1, -0.05) is 19.1 Å². The van der Waals surface area contributed by atoms with Crippen LogP contribution in [-0.4, -0.2) is 67.5 Å². The van der Waals surface area contributed by atoms with Gasteiger partial charge in [-0.05, 0) is 55.9 Å². The van der Waals surface area contributed by atoms with Crippen LogP contribution in [0.3, 0.4) is 0 Å². The lowest BCUT2D eigenvalue weighted by molar-refractivity contribution is -0.129. The Bertz CT molecular complexity index is 943. The van der Waals surface area contributed by atoms with Crippen LogP contribution in [0.5, 0.6) is 5.75 Å². The molecular weight excluding hydrogens is 416 g/mol. The van der Waals surface area contributed by atoms with Crippen LogP contribution < -0.4 is 4.74 Å². The van der Waals surface area contributed by atoms with Gasteiger partial charge in [-0.15, -0.1) is 0 Å². The predicted molar refractivity (Wildman–Crippen MR) is 120 cm³/mol. The zero-order valence-electron chi connectivity index (χ0n) is 18.9. The molecule has 1 amide bonds. The van der Waals surface area contributed by atoms with Crippen molar-refractivity contribution in [3.63, 3.8) is 0 Å². The van der Waals surface area contributed by atoms with E-state index in [0.717, 1.165) is 24.8 Å². The van der Waals surface area contributed by atoms with E-state index >= 15 is 0 Å². The SMILES string of the molecule is CC(=O)N(C)C[C@@H]1Oc2cc(C3=CCCCC3)ccc2S(=O)(=O)N([C@H](C)CO)C[C@H]1C. The normalized spacial score (nSPS) is 24.7. The number of nitrogens with zero attached hydrogens (tertiary/aromatic N) is 2. The second-order valence-corrected chi connectivity index (χ2v) is 10.6. The first-order chi connectivity index (χ1) is 14.6. The van der Waals surface area contributed by atoms with E-state index < -0.39 is 16.1 Å². The third-order valence-corrected chi connectivity index (χ3v) is 8.34. The number of benzene rings is 1. The van der Waals surface area contributed by atoms with Crippen molar-refractivity contribution in [2.24, 2.45) is 5.92 Å². The molecule has 1 aromatic rings. The van der Waals surface area contributed by atoms with Gasteiger partial charge in [-0.25, -0.2) is 8.42 Å². The standard InChI is InChI=1S/C23H34N2O5S/c1-16-13-25(17(2)15-26)31(28,29)23-11-10-20(19-8-6-5-7-9-19)12-21(23)30-22(16)14-24(4)18(3)27/h8,10-12,16-17,22,26H,5-7,9,13-15H2,1-4H3/t16-,17-,22+/m1/s1. The minimum atomic E-state index is -3.85. The summed E-state index contributed by atoms with van der Waals surface area (Å²) in [5.41, 5.74) is 2.19. The first kappa shape index (κ1) is 23.8. The van der Waals surface area contributed by atoms with Crippen LogP contribution in [0.25, 0.3) is 5.57 Å². The smallest absolute Gasteiger partial charge is 0.247 e. The van der Waals surface area contributed by atoms with Crippen LogP contribution in [0.1, 0.15) is 52.0 Å². The number of hydrogen-bond acceptors (Lipinski definition) is 5. The van der Waals surface area contributed by atoms with E-state index in [1.165, 1.54) is 23.2 Å². The molecule has 172 valence electrons. The summed E-state index contributed by atoms with van der Waals surface area (Å²) in [6, 6.07) is 4.73. The third-order valence-electron chi connectivity index (χ3n) is 6.32. The number of allylic oxidation sites excluding steroid dienone is 2. The highest BCUT2D eigenvalue weighted by Crippen LogP contribution is 2.37. The van der Waals surface area contributed by atoms with Gasteiger partial charge in [0.2, 0.25) is 15.9 Å². The Hall–Kier alpha value is -1.90. The Morgan fingerprint density at radius 1 is 1.35 bits per heavy atom. The highest BCUT2D eigenvalue weighted by molar-refractivity contribution is 7.89. The minimum Gasteiger partial charge on any atom is -0.487 e. The van der Waals surface area contributed by atoms with Crippen molar-refractivity contribution in [1.29, 1.82) is 0 Å². The number of aliphatic hydroxyl groups is 1. The predicted octanol–water partition coefficient (Wildman–Crippen LogP) is 2.89.